The van der Waals surface area contributed by atoms with Crippen LogP contribution in [0.1, 0.15) is 36.1 Å². The van der Waals surface area contributed by atoms with Crippen molar-refractivity contribution >= 4 is 17.5 Å². The number of halogens is 1. The fourth-order valence-corrected chi connectivity index (χ4v) is 3.18. The van der Waals surface area contributed by atoms with Gasteiger partial charge in [0.15, 0.2) is 6.10 Å². The van der Waals surface area contributed by atoms with Crippen molar-refractivity contribution in [2.24, 2.45) is 0 Å². The molecule has 0 spiro atoms. The van der Waals surface area contributed by atoms with Crippen LogP contribution in [0.25, 0.3) is 0 Å². The predicted molar refractivity (Wildman–Crippen MR) is 114 cm³/mol. The third-order valence-electron chi connectivity index (χ3n) is 4.62. The molecule has 3 aromatic rings. The van der Waals surface area contributed by atoms with E-state index in [1.807, 2.05) is 80.6 Å². The minimum Gasteiger partial charge on any atom is -0.481 e. The zero-order valence-corrected chi connectivity index (χ0v) is 16.8. The molecule has 1 N–H and O–H groups in total. The smallest absolute Gasteiger partial charge is 0.261 e. The van der Waals surface area contributed by atoms with Crippen molar-refractivity contribution in [3.63, 3.8) is 0 Å². The van der Waals surface area contributed by atoms with E-state index in [2.05, 4.69) is 5.32 Å². The predicted octanol–water partition coefficient (Wildman–Crippen LogP) is 5.71. The van der Waals surface area contributed by atoms with E-state index in [1.54, 1.807) is 12.1 Å². The Hall–Kier alpha value is -2.78. The molecule has 0 aromatic heterocycles. The first-order chi connectivity index (χ1) is 13.6. The Kier molecular flexibility index (Phi) is 6.72. The molecular weight excluding hydrogens is 370 g/mol. The number of ether oxygens (including phenoxy) is 1. The van der Waals surface area contributed by atoms with Gasteiger partial charge in [-0.1, -0.05) is 79.2 Å². The summed E-state index contributed by atoms with van der Waals surface area (Å²) in [7, 11) is 0. The average molecular weight is 394 g/mol. The number of hydrogen-bond donors (Lipinski definition) is 1. The Labute approximate surface area is 171 Å². The van der Waals surface area contributed by atoms with Crippen LogP contribution in [0.2, 0.25) is 5.02 Å². The topological polar surface area (TPSA) is 38.3 Å². The molecule has 0 heterocycles. The van der Waals surface area contributed by atoms with E-state index in [0.29, 0.717) is 17.2 Å². The fourth-order valence-electron chi connectivity index (χ4n) is 3.06. The molecule has 3 aromatic carbocycles. The number of amides is 1. The molecule has 0 aliphatic rings. The Morgan fingerprint density at radius 1 is 0.964 bits per heavy atom. The van der Waals surface area contributed by atoms with Gasteiger partial charge in [-0.25, -0.2) is 0 Å². The number of nitrogens with one attached hydrogen (secondary N) is 1. The maximum atomic E-state index is 13.0. The van der Waals surface area contributed by atoms with Crippen molar-refractivity contribution in [1.82, 2.24) is 5.32 Å². The van der Waals surface area contributed by atoms with Crippen molar-refractivity contribution in [2.75, 3.05) is 0 Å². The van der Waals surface area contributed by atoms with Gasteiger partial charge in [0.25, 0.3) is 5.91 Å². The van der Waals surface area contributed by atoms with Crippen LogP contribution in [0.5, 0.6) is 5.75 Å². The molecule has 0 aliphatic carbocycles. The van der Waals surface area contributed by atoms with Crippen LogP contribution in [-0.4, -0.2) is 12.0 Å². The first-order valence-electron chi connectivity index (χ1n) is 9.41. The summed E-state index contributed by atoms with van der Waals surface area (Å²) in [6, 6.07) is 25.1. The summed E-state index contributed by atoms with van der Waals surface area (Å²) >= 11 is 6.08. The zero-order valence-electron chi connectivity index (χ0n) is 16.1. The second kappa shape index (κ2) is 9.43. The lowest BCUT2D eigenvalue weighted by Gasteiger charge is -2.24. The largest absolute Gasteiger partial charge is 0.481 e. The first kappa shape index (κ1) is 20.0. The fraction of sp³-hybridized carbons (Fsp3) is 0.208. The number of benzene rings is 3. The average Bonchev–Trinajstić information content (AvgIpc) is 2.74. The van der Waals surface area contributed by atoms with Crippen LogP contribution < -0.4 is 10.1 Å². The standard InChI is InChI=1S/C24H24ClNO2/c1-3-22(28-20-14-15-21(25)17(2)16-20)24(27)26-23(18-10-6-4-7-11-18)19-12-8-5-9-13-19/h4-16,22-23H,3H2,1-2H3,(H,26,27). The SMILES string of the molecule is CCC(Oc1ccc(Cl)c(C)c1)C(=O)NC(c1ccccc1)c1ccccc1. The van der Waals surface area contributed by atoms with Gasteiger partial charge in [-0.15, -0.1) is 0 Å². The van der Waals surface area contributed by atoms with E-state index in [-0.39, 0.29) is 11.9 Å². The summed E-state index contributed by atoms with van der Waals surface area (Å²) in [6.45, 7) is 3.85. The molecule has 0 radical (unpaired) electrons. The van der Waals surface area contributed by atoms with E-state index >= 15 is 0 Å². The Balaban J connectivity index is 1.80. The third kappa shape index (κ3) is 4.93. The molecule has 0 aliphatic heterocycles. The highest BCUT2D eigenvalue weighted by atomic mass is 35.5. The minimum absolute atomic E-state index is 0.146. The van der Waals surface area contributed by atoms with E-state index in [0.717, 1.165) is 16.7 Å². The van der Waals surface area contributed by atoms with Gasteiger partial charge in [0.05, 0.1) is 6.04 Å². The van der Waals surface area contributed by atoms with Gasteiger partial charge in [-0.05, 0) is 48.2 Å². The van der Waals surface area contributed by atoms with Crippen molar-refractivity contribution in [2.45, 2.75) is 32.4 Å². The van der Waals surface area contributed by atoms with Gasteiger partial charge in [-0.2, -0.15) is 0 Å². The van der Waals surface area contributed by atoms with Gasteiger partial charge >= 0.3 is 0 Å². The second-order valence-corrected chi connectivity index (χ2v) is 7.10. The van der Waals surface area contributed by atoms with Gasteiger partial charge in [0.2, 0.25) is 0 Å². The maximum Gasteiger partial charge on any atom is 0.261 e. The Morgan fingerprint density at radius 2 is 1.54 bits per heavy atom. The molecule has 0 saturated carbocycles. The van der Waals surface area contributed by atoms with E-state index < -0.39 is 6.10 Å². The Morgan fingerprint density at radius 3 is 2.04 bits per heavy atom. The van der Waals surface area contributed by atoms with Crippen molar-refractivity contribution in [3.05, 3.63) is 101 Å². The molecule has 0 saturated heterocycles. The lowest BCUT2D eigenvalue weighted by molar-refractivity contribution is -0.128. The number of hydrogen-bond acceptors (Lipinski definition) is 2. The number of carbonyl (C=O) groups is 1. The number of aryl methyl sites for hydroxylation is 1. The highest BCUT2D eigenvalue weighted by Gasteiger charge is 2.23. The second-order valence-electron chi connectivity index (χ2n) is 6.69. The van der Waals surface area contributed by atoms with Crippen LogP contribution in [0.15, 0.2) is 78.9 Å². The van der Waals surface area contributed by atoms with Crippen LogP contribution in [0, 0.1) is 6.92 Å². The number of rotatable bonds is 7. The molecule has 1 atom stereocenters. The van der Waals surface area contributed by atoms with Gasteiger partial charge in [0.1, 0.15) is 5.75 Å². The molecule has 0 bridgehead atoms. The quantitative estimate of drug-likeness (QED) is 0.558. The van der Waals surface area contributed by atoms with Gasteiger partial charge in [-0.3, -0.25) is 4.79 Å². The molecule has 144 valence electrons. The summed E-state index contributed by atoms with van der Waals surface area (Å²) in [4.78, 5) is 13.0. The number of carbonyl (C=O) groups excluding carboxylic acids is 1. The molecule has 3 rings (SSSR count). The summed E-state index contributed by atoms with van der Waals surface area (Å²) in [5.41, 5.74) is 2.97. The molecule has 4 heteroatoms. The van der Waals surface area contributed by atoms with E-state index in [4.69, 9.17) is 16.3 Å². The molecule has 1 amide bonds. The maximum absolute atomic E-state index is 13.0. The molecule has 3 nitrogen and oxygen atoms in total. The Bertz CT molecular complexity index is 873. The van der Waals surface area contributed by atoms with Crippen LogP contribution in [0.3, 0.4) is 0 Å². The van der Waals surface area contributed by atoms with E-state index in [1.165, 1.54) is 0 Å². The lowest BCUT2D eigenvalue weighted by Crippen LogP contribution is -2.40. The van der Waals surface area contributed by atoms with Gasteiger partial charge in [0, 0.05) is 5.02 Å². The monoisotopic (exact) mass is 393 g/mol. The highest BCUT2D eigenvalue weighted by molar-refractivity contribution is 6.31. The molecule has 0 fully saturated rings. The normalized spacial score (nSPS) is 11.9. The van der Waals surface area contributed by atoms with Gasteiger partial charge < -0.3 is 10.1 Å². The third-order valence-corrected chi connectivity index (χ3v) is 5.05. The summed E-state index contributed by atoms with van der Waals surface area (Å²) < 4.78 is 5.96. The minimum atomic E-state index is -0.588. The van der Waals surface area contributed by atoms with Crippen molar-refractivity contribution in [3.8, 4) is 5.75 Å². The summed E-state index contributed by atoms with van der Waals surface area (Å²) in [6.07, 6.45) is -0.0282. The van der Waals surface area contributed by atoms with E-state index in [9.17, 15) is 4.79 Å². The molecule has 1 unspecified atom stereocenters. The summed E-state index contributed by atoms with van der Waals surface area (Å²) in [5, 5.41) is 3.84. The van der Waals surface area contributed by atoms with Crippen LogP contribution >= 0.6 is 11.6 Å². The first-order valence-corrected chi connectivity index (χ1v) is 9.79. The molecule has 28 heavy (non-hydrogen) atoms. The lowest BCUT2D eigenvalue weighted by atomic mass is 9.98. The van der Waals surface area contributed by atoms with Crippen LogP contribution in [-0.2, 0) is 4.79 Å². The highest BCUT2D eigenvalue weighted by Crippen LogP contribution is 2.24. The van der Waals surface area contributed by atoms with Crippen molar-refractivity contribution < 1.29 is 9.53 Å². The van der Waals surface area contributed by atoms with Crippen LogP contribution in [0.4, 0.5) is 0 Å². The molecular formula is C24H24ClNO2. The zero-order chi connectivity index (χ0) is 19.9. The van der Waals surface area contributed by atoms with Crippen molar-refractivity contribution in [1.29, 1.82) is 0 Å². The summed E-state index contributed by atoms with van der Waals surface area (Å²) in [5.74, 6) is 0.493.